The number of hydrogen-bond acceptors (Lipinski definition) is 3. The highest BCUT2D eigenvalue weighted by Crippen LogP contribution is 2.31. The van der Waals surface area contributed by atoms with Gasteiger partial charge in [0.25, 0.3) is 5.91 Å². The van der Waals surface area contributed by atoms with Gasteiger partial charge in [0.2, 0.25) is 0 Å². The summed E-state index contributed by atoms with van der Waals surface area (Å²) in [6.07, 6.45) is 8.31. The van der Waals surface area contributed by atoms with Crippen molar-refractivity contribution in [2.24, 2.45) is 5.92 Å². The van der Waals surface area contributed by atoms with Gasteiger partial charge in [0.1, 0.15) is 5.60 Å². The molecule has 4 nitrogen and oxygen atoms in total. The Morgan fingerprint density at radius 1 is 1.11 bits per heavy atom. The Hall–Kier alpha value is -0.610. The molecule has 0 heterocycles. The Balaban J connectivity index is 1.95. The molecule has 0 bridgehead atoms. The SMILES string of the molecule is O=C(N[C@@H]1CCCCC[C@H]1CO)C1(O)CCCC1. The van der Waals surface area contributed by atoms with Crippen LogP contribution in [0.15, 0.2) is 0 Å². The van der Waals surface area contributed by atoms with E-state index in [0.29, 0.717) is 12.8 Å². The molecule has 3 N–H and O–H groups in total. The van der Waals surface area contributed by atoms with Crippen molar-refractivity contribution in [1.29, 1.82) is 0 Å². The summed E-state index contributed by atoms with van der Waals surface area (Å²) in [5.74, 6) is -0.0631. The van der Waals surface area contributed by atoms with Crippen LogP contribution < -0.4 is 5.32 Å². The largest absolute Gasteiger partial charge is 0.396 e. The first-order valence-electron chi connectivity index (χ1n) is 7.30. The maximum absolute atomic E-state index is 12.2. The second-order valence-electron chi connectivity index (χ2n) is 5.90. The van der Waals surface area contributed by atoms with Crippen LogP contribution >= 0.6 is 0 Å². The van der Waals surface area contributed by atoms with Crippen molar-refractivity contribution in [3.8, 4) is 0 Å². The first-order chi connectivity index (χ1) is 8.65. The van der Waals surface area contributed by atoms with E-state index in [1.54, 1.807) is 0 Å². The number of aliphatic hydroxyl groups is 2. The molecule has 0 spiro atoms. The van der Waals surface area contributed by atoms with E-state index < -0.39 is 5.60 Å². The topological polar surface area (TPSA) is 69.6 Å². The number of aliphatic hydroxyl groups excluding tert-OH is 1. The summed E-state index contributed by atoms with van der Waals surface area (Å²) >= 11 is 0. The zero-order chi connectivity index (χ0) is 13.0. The van der Waals surface area contributed by atoms with Gasteiger partial charge in [-0.15, -0.1) is 0 Å². The molecule has 2 rings (SSSR count). The predicted molar refractivity (Wildman–Crippen MR) is 69.0 cm³/mol. The summed E-state index contributed by atoms with van der Waals surface area (Å²) in [7, 11) is 0. The van der Waals surface area contributed by atoms with Crippen molar-refractivity contribution < 1.29 is 15.0 Å². The molecule has 2 atom stereocenters. The minimum absolute atomic E-state index is 0.0367. The smallest absolute Gasteiger partial charge is 0.252 e. The standard InChI is InChI=1S/C14H25NO3/c16-10-11-6-2-1-3-7-12(11)15-13(17)14(18)8-4-5-9-14/h11-12,16,18H,1-10H2,(H,15,17)/t11-,12+/m0/s1. The van der Waals surface area contributed by atoms with E-state index in [4.69, 9.17) is 0 Å². The fourth-order valence-electron chi connectivity index (χ4n) is 3.28. The van der Waals surface area contributed by atoms with E-state index in [2.05, 4.69) is 5.32 Å². The van der Waals surface area contributed by atoms with Crippen LogP contribution in [0.3, 0.4) is 0 Å². The van der Waals surface area contributed by atoms with E-state index in [-0.39, 0.29) is 24.5 Å². The Bertz CT molecular complexity index is 287. The highest BCUT2D eigenvalue weighted by Gasteiger charge is 2.40. The van der Waals surface area contributed by atoms with Gasteiger partial charge in [-0.05, 0) is 38.5 Å². The molecule has 104 valence electrons. The van der Waals surface area contributed by atoms with Crippen molar-refractivity contribution in [3.63, 3.8) is 0 Å². The first-order valence-corrected chi connectivity index (χ1v) is 7.30. The van der Waals surface area contributed by atoms with Gasteiger partial charge in [-0.2, -0.15) is 0 Å². The Morgan fingerprint density at radius 2 is 1.78 bits per heavy atom. The van der Waals surface area contributed by atoms with Gasteiger partial charge < -0.3 is 15.5 Å². The number of carbonyl (C=O) groups is 1. The molecule has 2 aliphatic rings. The summed E-state index contributed by atoms with van der Waals surface area (Å²) in [4.78, 5) is 12.2. The molecule has 2 saturated carbocycles. The molecule has 0 aromatic rings. The maximum Gasteiger partial charge on any atom is 0.252 e. The molecule has 2 aliphatic carbocycles. The van der Waals surface area contributed by atoms with Gasteiger partial charge in [-0.1, -0.05) is 19.3 Å². The lowest BCUT2D eigenvalue weighted by atomic mass is 9.93. The highest BCUT2D eigenvalue weighted by atomic mass is 16.3. The lowest BCUT2D eigenvalue weighted by Gasteiger charge is -2.29. The Labute approximate surface area is 109 Å². The lowest BCUT2D eigenvalue weighted by molar-refractivity contribution is -0.140. The van der Waals surface area contributed by atoms with E-state index in [9.17, 15) is 15.0 Å². The van der Waals surface area contributed by atoms with E-state index in [1.165, 1.54) is 6.42 Å². The second kappa shape index (κ2) is 6.02. The number of amides is 1. The molecule has 0 radical (unpaired) electrons. The summed E-state index contributed by atoms with van der Waals surface area (Å²) in [6.45, 7) is 0.128. The van der Waals surface area contributed by atoms with Crippen LogP contribution in [0.25, 0.3) is 0 Å². The van der Waals surface area contributed by atoms with Gasteiger partial charge in [-0.3, -0.25) is 4.79 Å². The average molecular weight is 255 g/mol. The predicted octanol–water partition coefficient (Wildman–Crippen LogP) is 1.35. The average Bonchev–Trinajstić information content (AvgIpc) is 2.69. The monoisotopic (exact) mass is 255 g/mol. The van der Waals surface area contributed by atoms with Crippen LogP contribution in [0.4, 0.5) is 0 Å². The minimum atomic E-state index is -1.15. The van der Waals surface area contributed by atoms with Crippen LogP contribution in [0, 0.1) is 5.92 Å². The number of carbonyl (C=O) groups excluding carboxylic acids is 1. The molecule has 0 unspecified atom stereocenters. The van der Waals surface area contributed by atoms with Gasteiger partial charge in [0.15, 0.2) is 0 Å². The maximum atomic E-state index is 12.2. The van der Waals surface area contributed by atoms with Crippen LogP contribution in [-0.4, -0.2) is 34.4 Å². The summed E-state index contributed by atoms with van der Waals surface area (Å²) < 4.78 is 0. The third-order valence-corrected chi connectivity index (χ3v) is 4.56. The first kappa shape index (κ1) is 13.8. The normalized spacial score (nSPS) is 31.9. The third-order valence-electron chi connectivity index (χ3n) is 4.56. The third kappa shape index (κ3) is 3.04. The molecule has 2 fully saturated rings. The van der Waals surface area contributed by atoms with E-state index >= 15 is 0 Å². The van der Waals surface area contributed by atoms with Gasteiger partial charge in [0, 0.05) is 18.6 Å². The van der Waals surface area contributed by atoms with Crippen molar-refractivity contribution in [2.75, 3.05) is 6.61 Å². The molecule has 0 aromatic heterocycles. The number of nitrogens with one attached hydrogen (secondary N) is 1. The summed E-state index contributed by atoms with van der Waals surface area (Å²) in [5.41, 5.74) is -1.15. The zero-order valence-corrected chi connectivity index (χ0v) is 11.0. The zero-order valence-electron chi connectivity index (χ0n) is 11.0. The Morgan fingerprint density at radius 3 is 2.44 bits per heavy atom. The van der Waals surface area contributed by atoms with Crippen molar-refractivity contribution in [1.82, 2.24) is 5.32 Å². The molecular weight excluding hydrogens is 230 g/mol. The molecule has 0 saturated heterocycles. The second-order valence-corrected chi connectivity index (χ2v) is 5.90. The fraction of sp³-hybridized carbons (Fsp3) is 0.929. The van der Waals surface area contributed by atoms with Crippen LogP contribution in [0.5, 0.6) is 0 Å². The molecule has 4 heteroatoms. The molecular formula is C14H25NO3. The van der Waals surface area contributed by atoms with E-state index in [0.717, 1.165) is 38.5 Å². The van der Waals surface area contributed by atoms with Crippen molar-refractivity contribution in [2.45, 2.75) is 69.4 Å². The fourth-order valence-corrected chi connectivity index (χ4v) is 3.28. The van der Waals surface area contributed by atoms with Crippen LogP contribution in [-0.2, 0) is 4.79 Å². The number of hydrogen-bond donors (Lipinski definition) is 3. The summed E-state index contributed by atoms with van der Waals surface area (Å²) in [5, 5.41) is 22.7. The molecule has 1 amide bonds. The van der Waals surface area contributed by atoms with Crippen molar-refractivity contribution >= 4 is 5.91 Å². The lowest BCUT2D eigenvalue weighted by Crippen LogP contribution is -2.51. The Kier molecular flexibility index (Phi) is 4.62. The molecule has 18 heavy (non-hydrogen) atoms. The van der Waals surface area contributed by atoms with Crippen molar-refractivity contribution in [3.05, 3.63) is 0 Å². The van der Waals surface area contributed by atoms with Gasteiger partial charge >= 0.3 is 0 Å². The van der Waals surface area contributed by atoms with E-state index in [1.807, 2.05) is 0 Å². The van der Waals surface area contributed by atoms with Crippen LogP contribution in [0.1, 0.15) is 57.8 Å². The quantitative estimate of drug-likeness (QED) is 0.667. The summed E-state index contributed by atoms with van der Waals surface area (Å²) in [6, 6.07) is 0.0367. The highest BCUT2D eigenvalue weighted by molar-refractivity contribution is 5.85. The number of rotatable bonds is 3. The molecule has 0 aromatic carbocycles. The molecule has 0 aliphatic heterocycles. The minimum Gasteiger partial charge on any atom is -0.396 e. The van der Waals surface area contributed by atoms with Gasteiger partial charge in [-0.25, -0.2) is 0 Å². The van der Waals surface area contributed by atoms with Crippen LogP contribution in [0.2, 0.25) is 0 Å². The van der Waals surface area contributed by atoms with Gasteiger partial charge in [0.05, 0.1) is 0 Å².